The Bertz CT molecular complexity index is 762. The zero-order valence-electron chi connectivity index (χ0n) is 13.5. The molecule has 0 saturated carbocycles. The molecule has 3 nitrogen and oxygen atoms in total. The van der Waals surface area contributed by atoms with E-state index in [2.05, 4.69) is 47.2 Å². The van der Waals surface area contributed by atoms with E-state index in [1.54, 1.807) is 0 Å². The van der Waals surface area contributed by atoms with Gasteiger partial charge in [-0.05, 0) is 49.1 Å². The van der Waals surface area contributed by atoms with Gasteiger partial charge in [-0.2, -0.15) is 0 Å². The van der Waals surface area contributed by atoms with Gasteiger partial charge in [-0.3, -0.25) is 0 Å². The fourth-order valence-electron chi connectivity index (χ4n) is 2.99. The van der Waals surface area contributed by atoms with Crippen molar-refractivity contribution in [1.29, 1.82) is 0 Å². The van der Waals surface area contributed by atoms with Gasteiger partial charge < -0.3 is 14.4 Å². The Hall–Kier alpha value is -2.26. The van der Waals surface area contributed by atoms with Crippen molar-refractivity contribution in [3.05, 3.63) is 65.9 Å². The van der Waals surface area contributed by atoms with Gasteiger partial charge in [0, 0.05) is 30.3 Å². The number of nitrogens with zero attached hydrogens (tertiary/aromatic N) is 1. The molecule has 0 fully saturated rings. The summed E-state index contributed by atoms with van der Waals surface area (Å²) in [7, 11) is 0. The Balaban J connectivity index is 2.00. The molecular weight excluding hydrogens is 286 g/mol. The minimum absolute atomic E-state index is 0.219. The van der Waals surface area contributed by atoms with E-state index >= 15 is 0 Å². The summed E-state index contributed by atoms with van der Waals surface area (Å²) in [4.78, 5) is 0. The minimum Gasteiger partial charge on any atom is -0.494 e. The van der Waals surface area contributed by atoms with Crippen molar-refractivity contribution in [3.8, 4) is 5.75 Å². The Morgan fingerprint density at radius 1 is 1.09 bits per heavy atom. The highest BCUT2D eigenvalue weighted by Gasteiger charge is 2.10. The van der Waals surface area contributed by atoms with Crippen LogP contribution < -0.4 is 4.74 Å². The Labute approximate surface area is 137 Å². The largest absolute Gasteiger partial charge is 0.494 e. The third-order valence-electron chi connectivity index (χ3n) is 4.05. The molecule has 1 heterocycles. The molecule has 1 N–H and O–H groups in total. The van der Waals surface area contributed by atoms with Crippen LogP contribution in [0.1, 0.15) is 24.5 Å². The van der Waals surface area contributed by atoms with Crippen LogP contribution in [0.25, 0.3) is 10.9 Å². The first-order valence-corrected chi connectivity index (χ1v) is 8.21. The molecule has 2 aromatic carbocycles. The van der Waals surface area contributed by atoms with Crippen LogP contribution in [0.5, 0.6) is 5.75 Å². The number of aromatic nitrogens is 1. The average molecular weight is 309 g/mol. The third kappa shape index (κ3) is 3.57. The van der Waals surface area contributed by atoms with E-state index in [1.807, 2.05) is 19.1 Å². The molecule has 0 bridgehead atoms. The maximum absolute atomic E-state index is 9.15. The SMILES string of the molecule is CCOc1ccc2c(c1)c(CCCO)cn2Cc1ccccc1. The van der Waals surface area contributed by atoms with Gasteiger partial charge in [-0.1, -0.05) is 30.3 Å². The fraction of sp³-hybridized carbons (Fsp3) is 0.300. The van der Waals surface area contributed by atoms with E-state index in [0.29, 0.717) is 6.61 Å². The zero-order chi connectivity index (χ0) is 16.1. The van der Waals surface area contributed by atoms with E-state index in [1.165, 1.54) is 22.0 Å². The number of fused-ring (bicyclic) bond motifs is 1. The number of aryl methyl sites for hydroxylation is 1. The lowest BCUT2D eigenvalue weighted by molar-refractivity contribution is 0.288. The molecular formula is C20H23NO2. The van der Waals surface area contributed by atoms with Crippen LogP contribution in [0.15, 0.2) is 54.7 Å². The van der Waals surface area contributed by atoms with E-state index in [4.69, 9.17) is 9.84 Å². The normalized spacial score (nSPS) is 11.0. The van der Waals surface area contributed by atoms with Crippen molar-refractivity contribution in [2.75, 3.05) is 13.2 Å². The fourth-order valence-corrected chi connectivity index (χ4v) is 2.99. The average Bonchev–Trinajstić information content (AvgIpc) is 2.91. The van der Waals surface area contributed by atoms with Crippen LogP contribution in [0.3, 0.4) is 0 Å². The molecule has 3 heteroatoms. The predicted octanol–water partition coefficient (Wildman–Crippen LogP) is 4.01. The molecule has 0 aliphatic carbocycles. The number of aliphatic hydroxyl groups excluding tert-OH is 1. The van der Waals surface area contributed by atoms with E-state index in [-0.39, 0.29) is 6.61 Å². The molecule has 0 radical (unpaired) electrons. The Kier molecular flexibility index (Phi) is 4.99. The molecule has 23 heavy (non-hydrogen) atoms. The van der Waals surface area contributed by atoms with Gasteiger partial charge in [0.1, 0.15) is 5.75 Å². The first-order valence-electron chi connectivity index (χ1n) is 8.21. The van der Waals surface area contributed by atoms with Crippen LogP contribution >= 0.6 is 0 Å². The molecule has 3 rings (SSSR count). The maximum Gasteiger partial charge on any atom is 0.120 e. The standard InChI is InChI=1S/C20H23NO2/c1-2-23-18-10-11-20-19(13-18)17(9-6-12-22)15-21(20)14-16-7-4-3-5-8-16/h3-5,7-8,10-11,13,15,22H,2,6,9,12,14H2,1H3. The van der Waals surface area contributed by atoms with Crippen molar-refractivity contribution in [3.63, 3.8) is 0 Å². The lowest BCUT2D eigenvalue weighted by Gasteiger charge is -2.07. The van der Waals surface area contributed by atoms with Crippen molar-refractivity contribution in [1.82, 2.24) is 4.57 Å². The molecule has 0 saturated heterocycles. The van der Waals surface area contributed by atoms with E-state index in [9.17, 15) is 0 Å². The highest BCUT2D eigenvalue weighted by atomic mass is 16.5. The number of aliphatic hydroxyl groups is 1. The van der Waals surface area contributed by atoms with Crippen molar-refractivity contribution in [2.45, 2.75) is 26.3 Å². The first kappa shape index (κ1) is 15.6. The number of hydrogen-bond donors (Lipinski definition) is 1. The molecule has 0 aliphatic rings. The summed E-state index contributed by atoms with van der Waals surface area (Å²) in [6, 6.07) is 16.8. The lowest BCUT2D eigenvalue weighted by atomic mass is 10.1. The maximum atomic E-state index is 9.15. The molecule has 0 aliphatic heterocycles. The second-order valence-electron chi connectivity index (χ2n) is 5.71. The van der Waals surface area contributed by atoms with Crippen molar-refractivity contribution >= 4 is 10.9 Å². The van der Waals surface area contributed by atoms with Crippen LogP contribution in [0.4, 0.5) is 0 Å². The number of benzene rings is 2. The molecule has 0 amide bonds. The van der Waals surface area contributed by atoms with Gasteiger partial charge in [0.25, 0.3) is 0 Å². The zero-order valence-corrected chi connectivity index (χ0v) is 13.5. The monoisotopic (exact) mass is 309 g/mol. The van der Waals surface area contributed by atoms with Crippen LogP contribution in [0.2, 0.25) is 0 Å². The van der Waals surface area contributed by atoms with E-state index in [0.717, 1.165) is 25.1 Å². The highest BCUT2D eigenvalue weighted by molar-refractivity contribution is 5.85. The quantitative estimate of drug-likeness (QED) is 0.715. The van der Waals surface area contributed by atoms with Gasteiger partial charge >= 0.3 is 0 Å². The van der Waals surface area contributed by atoms with Gasteiger partial charge in [0.05, 0.1) is 6.61 Å². The van der Waals surface area contributed by atoms with Gasteiger partial charge in [-0.15, -0.1) is 0 Å². The molecule has 1 aromatic heterocycles. The Morgan fingerprint density at radius 3 is 2.65 bits per heavy atom. The summed E-state index contributed by atoms with van der Waals surface area (Å²) in [5.74, 6) is 0.905. The topological polar surface area (TPSA) is 34.4 Å². The van der Waals surface area contributed by atoms with Crippen molar-refractivity contribution < 1.29 is 9.84 Å². The van der Waals surface area contributed by atoms with Gasteiger partial charge in [0.2, 0.25) is 0 Å². The summed E-state index contributed by atoms with van der Waals surface area (Å²) in [6.07, 6.45) is 3.87. The summed E-state index contributed by atoms with van der Waals surface area (Å²) >= 11 is 0. The highest BCUT2D eigenvalue weighted by Crippen LogP contribution is 2.28. The van der Waals surface area contributed by atoms with Crippen molar-refractivity contribution in [2.24, 2.45) is 0 Å². The number of ether oxygens (including phenoxy) is 1. The van der Waals surface area contributed by atoms with Gasteiger partial charge in [-0.25, -0.2) is 0 Å². The minimum atomic E-state index is 0.219. The van der Waals surface area contributed by atoms with Crippen LogP contribution in [-0.4, -0.2) is 22.9 Å². The molecule has 0 spiro atoms. The Morgan fingerprint density at radius 2 is 1.91 bits per heavy atom. The van der Waals surface area contributed by atoms with Crippen LogP contribution in [-0.2, 0) is 13.0 Å². The summed E-state index contributed by atoms with van der Waals surface area (Å²) in [5, 5.41) is 10.4. The molecule has 0 atom stereocenters. The smallest absolute Gasteiger partial charge is 0.120 e. The van der Waals surface area contributed by atoms with E-state index < -0.39 is 0 Å². The first-order chi connectivity index (χ1) is 11.3. The third-order valence-corrected chi connectivity index (χ3v) is 4.05. The van der Waals surface area contributed by atoms with Gasteiger partial charge in [0.15, 0.2) is 0 Å². The lowest BCUT2D eigenvalue weighted by Crippen LogP contribution is -1.97. The second kappa shape index (κ2) is 7.34. The number of rotatable bonds is 7. The summed E-state index contributed by atoms with van der Waals surface area (Å²) < 4.78 is 7.93. The van der Waals surface area contributed by atoms with Crippen LogP contribution in [0, 0.1) is 0 Å². The number of hydrogen-bond acceptors (Lipinski definition) is 2. The summed E-state index contributed by atoms with van der Waals surface area (Å²) in [5.41, 5.74) is 3.77. The molecule has 120 valence electrons. The predicted molar refractivity (Wildman–Crippen MR) is 94.1 cm³/mol. The molecule has 0 unspecified atom stereocenters. The second-order valence-corrected chi connectivity index (χ2v) is 5.71. The molecule has 3 aromatic rings. The summed E-state index contributed by atoms with van der Waals surface area (Å²) in [6.45, 7) is 3.74.